The second kappa shape index (κ2) is 9.27. The number of benzene rings is 2. The van der Waals surface area contributed by atoms with E-state index in [1.807, 2.05) is 43.7 Å². The molecule has 0 aliphatic carbocycles. The minimum absolute atomic E-state index is 0.542. The van der Waals surface area contributed by atoms with Gasteiger partial charge in [0, 0.05) is 60.9 Å². The highest BCUT2D eigenvalue weighted by molar-refractivity contribution is 5.82. The zero-order valence-electron chi connectivity index (χ0n) is 18.4. The molecular formula is C27H28N4O. The molecule has 162 valence electrons. The van der Waals surface area contributed by atoms with Crippen LogP contribution in [0.5, 0.6) is 5.88 Å². The van der Waals surface area contributed by atoms with Crippen LogP contribution in [0.25, 0.3) is 22.0 Å². The molecular weight excluding hydrogens is 396 g/mol. The molecule has 4 aromatic rings. The summed E-state index contributed by atoms with van der Waals surface area (Å²) in [6.45, 7) is 2.77. The number of fused-ring (bicyclic) bond motifs is 1. The van der Waals surface area contributed by atoms with E-state index in [2.05, 4.69) is 62.6 Å². The second-order valence-corrected chi connectivity index (χ2v) is 8.30. The SMILES string of the molecule is CNc1ccc(N2CCC(COc3ccc4ccccc4n3)CC2)c(-c2ccncc2)c1. The van der Waals surface area contributed by atoms with Crippen molar-refractivity contribution in [2.24, 2.45) is 5.92 Å². The second-order valence-electron chi connectivity index (χ2n) is 8.30. The Balaban J connectivity index is 1.24. The summed E-state index contributed by atoms with van der Waals surface area (Å²) < 4.78 is 6.07. The molecule has 2 aromatic carbocycles. The minimum atomic E-state index is 0.542. The van der Waals surface area contributed by atoms with Gasteiger partial charge in [0.1, 0.15) is 0 Å². The molecule has 2 aromatic heterocycles. The molecule has 0 amide bonds. The van der Waals surface area contributed by atoms with E-state index >= 15 is 0 Å². The molecule has 3 heterocycles. The monoisotopic (exact) mass is 424 g/mol. The molecule has 0 spiro atoms. The van der Waals surface area contributed by atoms with E-state index in [4.69, 9.17) is 4.74 Å². The third-order valence-electron chi connectivity index (χ3n) is 6.27. The molecule has 1 N–H and O–H groups in total. The number of nitrogens with zero attached hydrogens (tertiary/aromatic N) is 3. The summed E-state index contributed by atoms with van der Waals surface area (Å²) in [4.78, 5) is 11.3. The molecule has 1 saturated heterocycles. The normalized spacial score (nSPS) is 14.5. The molecule has 1 fully saturated rings. The molecule has 0 unspecified atom stereocenters. The fourth-order valence-corrected chi connectivity index (χ4v) is 4.40. The molecule has 32 heavy (non-hydrogen) atoms. The lowest BCUT2D eigenvalue weighted by Crippen LogP contribution is -2.35. The molecule has 0 saturated carbocycles. The van der Waals surface area contributed by atoms with Gasteiger partial charge in [-0.2, -0.15) is 0 Å². The van der Waals surface area contributed by atoms with Gasteiger partial charge < -0.3 is 15.0 Å². The van der Waals surface area contributed by atoms with E-state index in [9.17, 15) is 0 Å². The lowest BCUT2D eigenvalue weighted by atomic mass is 9.95. The van der Waals surface area contributed by atoms with E-state index in [0.29, 0.717) is 11.8 Å². The van der Waals surface area contributed by atoms with Gasteiger partial charge in [0.05, 0.1) is 12.1 Å². The first kappa shape index (κ1) is 20.3. The van der Waals surface area contributed by atoms with Crippen molar-refractivity contribution in [2.75, 3.05) is 37.0 Å². The third-order valence-corrected chi connectivity index (χ3v) is 6.27. The first-order valence-corrected chi connectivity index (χ1v) is 11.3. The van der Waals surface area contributed by atoms with Crippen LogP contribution < -0.4 is 15.0 Å². The number of nitrogens with one attached hydrogen (secondary N) is 1. The summed E-state index contributed by atoms with van der Waals surface area (Å²) in [6, 6.07) is 23.0. The molecule has 0 atom stereocenters. The van der Waals surface area contributed by atoms with Gasteiger partial charge >= 0.3 is 0 Å². The number of para-hydroxylation sites is 1. The van der Waals surface area contributed by atoms with Crippen molar-refractivity contribution in [1.29, 1.82) is 0 Å². The number of hydrogen-bond acceptors (Lipinski definition) is 5. The molecule has 0 bridgehead atoms. The van der Waals surface area contributed by atoms with Gasteiger partial charge in [0.25, 0.3) is 0 Å². The van der Waals surface area contributed by atoms with Crippen LogP contribution in [-0.4, -0.2) is 36.7 Å². The summed E-state index contributed by atoms with van der Waals surface area (Å²) in [6.07, 6.45) is 5.93. The average molecular weight is 425 g/mol. The van der Waals surface area contributed by atoms with Crippen LogP contribution in [0.15, 0.2) is 79.1 Å². The molecule has 1 aliphatic rings. The van der Waals surface area contributed by atoms with Crippen LogP contribution in [0.3, 0.4) is 0 Å². The van der Waals surface area contributed by atoms with E-state index in [1.54, 1.807) is 0 Å². The fraction of sp³-hybridized carbons (Fsp3) is 0.259. The van der Waals surface area contributed by atoms with Gasteiger partial charge in [0.2, 0.25) is 5.88 Å². The topological polar surface area (TPSA) is 50.3 Å². The number of aromatic nitrogens is 2. The van der Waals surface area contributed by atoms with Gasteiger partial charge in [-0.1, -0.05) is 18.2 Å². The Kier molecular flexibility index (Phi) is 5.88. The Morgan fingerprint density at radius 1 is 0.969 bits per heavy atom. The average Bonchev–Trinajstić information content (AvgIpc) is 2.88. The van der Waals surface area contributed by atoms with E-state index < -0.39 is 0 Å². The van der Waals surface area contributed by atoms with Crippen molar-refractivity contribution in [3.05, 3.63) is 79.1 Å². The van der Waals surface area contributed by atoms with Crippen molar-refractivity contribution in [2.45, 2.75) is 12.8 Å². The Labute approximate surface area is 189 Å². The lowest BCUT2D eigenvalue weighted by Gasteiger charge is -2.35. The van der Waals surface area contributed by atoms with Gasteiger partial charge in [-0.05, 0) is 66.8 Å². The highest BCUT2D eigenvalue weighted by Gasteiger charge is 2.22. The van der Waals surface area contributed by atoms with Crippen LogP contribution in [0.4, 0.5) is 11.4 Å². The predicted octanol–water partition coefficient (Wildman–Crippen LogP) is 5.63. The summed E-state index contributed by atoms with van der Waals surface area (Å²) in [5.74, 6) is 1.26. The van der Waals surface area contributed by atoms with E-state index in [0.717, 1.165) is 49.1 Å². The smallest absolute Gasteiger partial charge is 0.213 e. The standard InChI is InChI=1S/C27H28N4O/c1-28-23-7-8-26(24(18-23)21-10-14-29-15-11-21)31-16-12-20(13-17-31)19-32-27-9-6-22-4-2-3-5-25(22)30-27/h2-11,14-15,18,20,28H,12-13,16-17,19H2,1H3. The fourth-order valence-electron chi connectivity index (χ4n) is 4.40. The number of pyridine rings is 2. The van der Waals surface area contributed by atoms with Crippen LogP contribution in [0, 0.1) is 5.92 Å². The van der Waals surface area contributed by atoms with Crippen molar-refractivity contribution < 1.29 is 4.74 Å². The van der Waals surface area contributed by atoms with Crippen molar-refractivity contribution in [3.8, 4) is 17.0 Å². The number of rotatable bonds is 6. The number of ether oxygens (including phenoxy) is 1. The summed E-state index contributed by atoms with van der Waals surface area (Å²) >= 11 is 0. The summed E-state index contributed by atoms with van der Waals surface area (Å²) in [5.41, 5.74) is 5.82. The van der Waals surface area contributed by atoms with Gasteiger partial charge in [-0.25, -0.2) is 4.98 Å². The van der Waals surface area contributed by atoms with E-state index in [1.165, 1.54) is 16.8 Å². The highest BCUT2D eigenvalue weighted by Crippen LogP contribution is 2.35. The Morgan fingerprint density at radius 3 is 2.59 bits per heavy atom. The van der Waals surface area contributed by atoms with Crippen molar-refractivity contribution >= 4 is 22.3 Å². The minimum Gasteiger partial charge on any atom is -0.477 e. The Bertz CT molecular complexity index is 1190. The predicted molar refractivity (Wildman–Crippen MR) is 131 cm³/mol. The molecule has 5 heteroatoms. The lowest BCUT2D eigenvalue weighted by molar-refractivity contribution is 0.217. The van der Waals surface area contributed by atoms with E-state index in [-0.39, 0.29) is 0 Å². The van der Waals surface area contributed by atoms with Crippen LogP contribution in [0.1, 0.15) is 12.8 Å². The van der Waals surface area contributed by atoms with Crippen LogP contribution in [-0.2, 0) is 0 Å². The number of hydrogen-bond donors (Lipinski definition) is 1. The van der Waals surface area contributed by atoms with Crippen LogP contribution >= 0.6 is 0 Å². The maximum absolute atomic E-state index is 6.07. The number of anilines is 2. The highest BCUT2D eigenvalue weighted by atomic mass is 16.5. The third kappa shape index (κ3) is 4.37. The van der Waals surface area contributed by atoms with Gasteiger partial charge in [-0.15, -0.1) is 0 Å². The first-order chi connectivity index (χ1) is 15.8. The maximum Gasteiger partial charge on any atom is 0.213 e. The molecule has 1 aliphatic heterocycles. The van der Waals surface area contributed by atoms with Crippen molar-refractivity contribution in [1.82, 2.24) is 9.97 Å². The molecule has 5 nitrogen and oxygen atoms in total. The molecule has 0 radical (unpaired) electrons. The van der Waals surface area contributed by atoms with Gasteiger partial charge in [0.15, 0.2) is 0 Å². The summed E-state index contributed by atoms with van der Waals surface area (Å²) in [5, 5.41) is 4.40. The summed E-state index contributed by atoms with van der Waals surface area (Å²) in [7, 11) is 1.96. The Morgan fingerprint density at radius 2 is 1.78 bits per heavy atom. The zero-order valence-corrected chi connectivity index (χ0v) is 18.4. The largest absolute Gasteiger partial charge is 0.477 e. The Hall–Kier alpha value is -3.60. The first-order valence-electron chi connectivity index (χ1n) is 11.3. The van der Waals surface area contributed by atoms with Gasteiger partial charge in [-0.3, -0.25) is 4.98 Å². The zero-order chi connectivity index (χ0) is 21.8. The quantitative estimate of drug-likeness (QED) is 0.434. The van der Waals surface area contributed by atoms with Crippen LogP contribution in [0.2, 0.25) is 0 Å². The molecule has 5 rings (SSSR count). The number of piperidine rings is 1. The maximum atomic E-state index is 6.07. The van der Waals surface area contributed by atoms with Crippen molar-refractivity contribution in [3.63, 3.8) is 0 Å².